The predicted molar refractivity (Wildman–Crippen MR) is 96.0 cm³/mol. The van der Waals surface area contributed by atoms with Gasteiger partial charge < -0.3 is 9.66 Å². The van der Waals surface area contributed by atoms with Crippen molar-refractivity contribution in [2.24, 2.45) is 0 Å². The van der Waals surface area contributed by atoms with Crippen LogP contribution in [0.5, 0.6) is 0 Å². The van der Waals surface area contributed by atoms with E-state index in [0.717, 1.165) is 20.0 Å². The molecule has 0 spiro atoms. The van der Waals surface area contributed by atoms with Crippen LogP contribution in [-0.2, 0) is 11.3 Å². The van der Waals surface area contributed by atoms with Crippen LogP contribution in [0.15, 0.2) is 42.5 Å². The molecule has 0 radical (unpaired) electrons. The van der Waals surface area contributed by atoms with Gasteiger partial charge in [0, 0.05) is 9.72 Å². The van der Waals surface area contributed by atoms with Gasteiger partial charge in [0.05, 0.1) is 22.5 Å². The number of anilines is 2. The standard InChI is InChI=1S/C16H12ClNO4S2/c1-9-13-8-11(17)4-7-14(13)23-15(9)18(24(21)22)12-5-2-10(3-6-12)16(19)20/h2-8H,1H3,(H,19,20)(H,21,22)/p-1. The molecule has 5 nitrogen and oxygen atoms in total. The minimum atomic E-state index is -2.55. The van der Waals surface area contributed by atoms with E-state index in [0.29, 0.717) is 15.7 Å². The van der Waals surface area contributed by atoms with Gasteiger partial charge in [-0.2, -0.15) is 0 Å². The van der Waals surface area contributed by atoms with Crippen molar-refractivity contribution >= 4 is 60.9 Å². The molecule has 0 bridgehead atoms. The van der Waals surface area contributed by atoms with Gasteiger partial charge in [0.15, 0.2) is 0 Å². The van der Waals surface area contributed by atoms with Crippen molar-refractivity contribution in [1.82, 2.24) is 0 Å². The van der Waals surface area contributed by atoms with Crippen LogP contribution in [0, 0.1) is 6.92 Å². The second-order valence-corrected chi connectivity index (χ2v) is 7.30. The first-order valence-electron chi connectivity index (χ1n) is 6.80. The summed E-state index contributed by atoms with van der Waals surface area (Å²) in [6.07, 6.45) is 0. The highest BCUT2D eigenvalue weighted by Gasteiger charge is 2.18. The van der Waals surface area contributed by atoms with Crippen molar-refractivity contribution in [2.75, 3.05) is 4.31 Å². The van der Waals surface area contributed by atoms with E-state index in [9.17, 15) is 13.6 Å². The fraction of sp³-hybridized carbons (Fsp3) is 0.0625. The number of carboxylic acids is 1. The first-order chi connectivity index (χ1) is 11.4. The van der Waals surface area contributed by atoms with E-state index >= 15 is 0 Å². The summed E-state index contributed by atoms with van der Waals surface area (Å²) in [5, 5.41) is 11.0. The summed E-state index contributed by atoms with van der Waals surface area (Å²) in [5.74, 6) is -1.07. The van der Waals surface area contributed by atoms with Crippen LogP contribution in [0.25, 0.3) is 10.1 Å². The molecule has 2 aromatic carbocycles. The second-order valence-electron chi connectivity index (χ2n) is 5.04. The number of rotatable bonds is 4. The molecule has 0 amide bonds. The Bertz CT molecular complexity index is 953. The zero-order valence-corrected chi connectivity index (χ0v) is 14.7. The summed E-state index contributed by atoms with van der Waals surface area (Å²) in [5.41, 5.74) is 1.26. The monoisotopic (exact) mass is 380 g/mol. The van der Waals surface area contributed by atoms with E-state index in [-0.39, 0.29) is 5.56 Å². The quantitative estimate of drug-likeness (QED) is 0.676. The molecule has 0 aliphatic rings. The number of fused-ring (bicyclic) bond motifs is 1. The van der Waals surface area contributed by atoms with Gasteiger partial charge in [-0.05, 0) is 60.3 Å². The molecule has 0 saturated heterocycles. The number of hydrogen-bond donors (Lipinski definition) is 1. The summed E-state index contributed by atoms with van der Waals surface area (Å²) < 4.78 is 25.7. The maximum absolute atomic E-state index is 11.8. The van der Waals surface area contributed by atoms with Gasteiger partial charge in [0.1, 0.15) is 5.00 Å². The first kappa shape index (κ1) is 16.9. The third kappa shape index (κ3) is 3.03. The van der Waals surface area contributed by atoms with Crippen molar-refractivity contribution in [3.63, 3.8) is 0 Å². The molecule has 0 aliphatic carbocycles. The molecule has 1 aromatic heterocycles. The molecule has 1 atom stereocenters. The van der Waals surface area contributed by atoms with Crippen molar-refractivity contribution in [1.29, 1.82) is 0 Å². The van der Waals surface area contributed by atoms with Crippen LogP contribution in [0.1, 0.15) is 15.9 Å². The summed E-state index contributed by atoms with van der Waals surface area (Å²) in [7, 11) is 0. The van der Waals surface area contributed by atoms with E-state index in [1.807, 2.05) is 13.0 Å². The molecule has 1 N–H and O–H groups in total. The van der Waals surface area contributed by atoms with Crippen LogP contribution in [0.3, 0.4) is 0 Å². The van der Waals surface area contributed by atoms with E-state index < -0.39 is 17.2 Å². The average molecular weight is 381 g/mol. The first-order valence-corrected chi connectivity index (χ1v) is 9.02. The SMILES string of the molecule is Cc1c(N(c2ccc(C(=O)O)cc2)S(=O)[O-])sc2ccc(Cl)cc12. The molecule has 0 saturated carbocycles. The van der Waals surface area contributed by atoms with E-state index in [1.165, 1.54) is 35.6 Å². The van der Waals surface area contributed by atoms with Crippen LogP contribution in [-0.4, -0.2) is 19.8 Å². The summed E-state index contributed by atoms with van der Waals surface area (Å²) in [6, 6.07) is 11.1. The Morgan fingerprint density at radius 2 is 1.92 bits per heavy atom. The van der Waals surface area contributed by atoms with Gasteiger partial charge >= 0.3 is 5.97 Å². The van der Waals surface area contributed by atoms with Gasteiger partial charge in [-0.1, -0.05) is 11.6 Å². The van der Waals surface area contributed by atoms with Crippen LogP contribution >= 0.6 is 22.9 Å². The van der Waals surface area contributed by atoms with Crippen LogP contribution < -0.4 is 4.31 Å². The molecule has 24 heavy (non-hydrogen) atoms. The highest BCUT2D eigenvalue weighted by atomic mass is 35.5. The number of carbonyl (C=O) groups is 1. The Kier molecular flexibility index (Phi) is 4.60. The van der Waals surface area contributed by atoms with Gasteiger partial charge in [0.2, 0.25) is 0 Å². The molecule has 1 unspecified atom stereocenters. The van der Waals surface area contributed by atoms with E-state index in [1.54, 1.807) is 12.1 Å². The van der Waals surface area contributed by atoms with E-state index in [4.69, 9.17) is 16.7 Å². The lowest BCUT2D eigenvalue weighted by Crippen LogP contribution is -2.19. The van der Waals surface area contributed by atoms with Crippen LogP contribution in [0.4, 0.5) is 10.7 Å². The van der Waals surface area contributed by atoms with Crippen molar-refractivity contribution in [3.8, 4) is 0 Å². The fourth-order valence-corrected chi connectivity index (χ4v) is 4.53. The molecule has 0 aliphatic heterocycles. The third-order valence-electron chi connectivity index (χ3n) is 3.56. The van der Waals surface area contributed by atoms with Gasteiger partial charge in [-0.15, -0.1) is 11.3 Å². The Hall–Kier alpha value is -1.93. The zero-order valence-electron chi connectivity index (χ0n) is 12.4. The highest BCUT2D eigenvalue weighted by molar-refractivity contribution is 7.81. The molecule has 8 heteroatoms. The predicted octanol–water partition coefficient (Wildman–Crippen LogP) is 4.49. The van der Waals surface area contributed by atoms with Crippen molar-refractivity contribution in [2.45, 2.75) is 6.92 Å². The normalized spacial score (nSPS) is 12.3. The Morgan fingerprint density at radius 1 is 1.25 bits per heavy atom. The Labute approximate surface area is 149 Å². The minimum absolute atomic E-state index is 0.0928. The lowest BCUT2D eigenvalue weighted by molar-refractivity contribution is 0.0697. The molecular formula is C16H11ClNO4S2-. The summed E-state index contributed by atoms with van der Waals surface area (Å²) in [6.45, 7) is 1.83. The van der Waals surface area contributed by atoms with Crippen LogP contribution in [0.2, 0.25) is 5.02 Å². The molecule has 3 aromatic rings. The highest BCUT2D eigenvalue weighted by Crippen LogP contribution is 2.42. The second kappa shape index (κ2) is 6.52. The average Bonchev–Trinajstić information content (AvgIpc) is 2.84. The maximum atomic E-state index is 11.8. The number of halogens is 1. The lowest BCUT2D eigenvalue weighted by atomic mass is 10.2. The topological polar surface area (TPSA) is 80.7 Å². The minimum Gasteiger partial charge on any atom is -0.755 e. The van der Waals surface area contributed by atoms with Gasteiger partial charge in [-0.25, -0.2) is 4.79 Å². The zero-order chi connectivity index (χ0) is 17.4. The number of hydrogen-bond acceptors (Lipinski definition) is 4. The molecule has 0 fully saturated rings. The number of thiophene rings is 1. The molecule has 3 rings (SSSR count). The number of aryl methyl sites for hydroxylation is 1. The molecule has 124 valence electrons. The number of benzene rings is 2. The van der Waals surface area contributed by atoms with Crippen molar-refractivity contribution < 1.29 is 18.7 Å². The van der Waals surface area contributed by atoms with Gasteiger partial charge in [-0.3, -0.25) is 8.51 Å². The largest absolute Gasteiger partial charge is 0.755 e. The number of nitrogens with zero attached hydrogens (tertiary/aromatic N) is 1. The number of carboxylic acid groups (broad SMARTS) is 1. The smallest absolute Gasteiger partial charge is 0.335 e. The summed E-state index contributed by atoms with van der Waals surface area (Å²) >= 11 is 4.80. The Balaban J connectivity index is 2.13. The van der Waals surface area contributed by atoms with E-state index in [2.05, 4.69) is 0 Å². The fourth-order valence-electron chi connectivity index (χ4n) is 2.38. The molecule has 1 heterocycles. The summed E-state index contributed by atoms with van der Waals surface area (Å²) in [4.78, 5) is 10.9. The lowest BCUT2D eigenvalue weighted by Gasteiger charge is -2.25. The van der Waals surface area contributed by atoms with Gasteiger partial charge in [0.25, 0.3) is 0 Å². The van der Waals surface area contributed by atoms with Crippen molar-refractivity contribution in [3.05, 3.63) is 58.6 Å². The third-order valence-corrected chi connectivity index (χ3v) is 5.86. The Morgan fingerprint density at radius 3 is 2.50 bits per heavy atom. The molecular weight excluding hydrogens is 370 g/mol. The maximum Gasteiger partial charge on any atom is 0.335 e. The number of aromatic carboxylic acids is 1.